The van der Waals surface area contributed by atoms with E-state index in [-0.39, 0.29) is 22.8 Å². The molecule has 0 radical (unpaired) electrons. The maximum absolute atomic E-state index is 12.0. The Morgan fingerprint density at radius 1 is 1.47 bits per heavy atom. The Labute approximate surface area is 99.3 Å². The summed E-state index contributed by atoms with van der Waals surface area (Å²) in [5.74, 6) is -0.281. The molecule has 1 aliphatic heterocycles. The van der Waals surface area contributed by atoms with Gasteiger partial charge in [-0.1, -0.05) is 0 Å². The molecule has 1 aliphatic rings. The minimum atomic E-state index is -3.42. The highest BCUT2D eigenvalue weighted by molar-refractivity contribution is 7.92. The molecule has 1 heterocycles. The lowest BCUT2D eigenvalue weighted by atomic mass is 10.2. The number of carbonyl (C=O) groups is 1. The molecule has 0 spiro atoms. The first-order valence-electron chi connectivity index (χ1n) is 5.06. The fraction of sp³-hybridized carbons (Fsp3) is 0.364. The van der Waals surface area contributed by atoms with Gasteiger partial charge in [0.25, 0.3) is 0 Å². The van der Waals surface area contributed by atoms with Crippen LogP contribution in [0.5, 0.6) is 5.75 Å². The van der Waals surface area contributed by atoms with Crippen molar-refractivity contribution < 1.29 is 22.7 Å². The van der Waals surface area contributed by atoms with Crippen LogP contribution in [-0.4, -0.2) is 33.4 Å². The molecule has 1 aromatic carbocycles. The zero-order valence-corrected chi connectivity index (χ0v) is 10.3. The lowest BCUT2D eigenvalue weighted by Crippen LogP contribution is -2.30. The lowest BCUT2D eigenvalue weighted by Gasteiger charge is -2.22. The second-order valence-corrected chi connectivity index (χ2v) is 6.15. The van der Waals surface area contributed by atoms with E-state index in [1.165, 1.54) is 25.3 Å². The van der Waals surface area contributed by atoms with Gasteiger partial charge in [-0.15, -0.1) is 0 Å². The molecule has 0 saturated carbocycles. The predicted molar refractivity (Wildman–Crippen MR) is 59.9 cm³/mol. The van der Waals surface area contributed by atoms with E-state index >= 15 is 0 Å². The van der Waals surface area contributed by atoms with Crippen molar-refractivity contribution in [2.75, 3.05) is 13.7 Å². The largest absolute Gasteiger partial charge is 0.491 e. The standard InChI is InChI=1S/C11H12O5S/c1-7-6-16-9-4-3-8(11(12)15-2)5-10(9)17(7,13)14/h3-5,7H,6H2,1-2H3. The maximum atomic E-state index is 12.0. The minimum Gasteiger partial charge on any atom is -0.491 e. The third-order valence-electron chi connectivity index (χ3n) is 2.67. The van der Waals surface area contributed by atoms with Crippen molar-refractivity contribution in [2.24, 2.45) is 0 Å². The zero-order chi connectivity index (χ0) is 12.6. The highest BCUT2D eigenvalue weighted by atomic mass is 32.2. The number of esters is 1. The average molecular weight is 256 g/mol. The summed E-state index contributed by atoms with van der Waals surface area (Å²) < 4.78 is 33.9. The molecule has 92 valence electrons. The van der Waals surface area contributed by atoms with Gasteiger partial charge in [0.15, 0.2) is 9.84 Å². The van der Waals surface area contributed by atoms with Gasteiger partial charge in [0.2, 0.25) is 0 Å². The van der Waals surface area contributed by atoms with Crippen LogP contribution in [0.3, 0.4) is 0 Å². The van der Waals surface area contributed by atoms with Crippen molar-refractivity contribution in [1.29, 1.82) is 0 Å². The Morgan fingerprint density at radius 2 is 2.18 bits per heavy atom. The smallest absolute Gasteiger partial charge is 0.337 e. The van der Waals surface area contributed by atoms with E-state index in [4.69, 9.17) is 4.74 Å². The number of methoxy groups -OCH3 is 1. The highest BCUT2D eigenvalue weighted by Crippen LogP contribution is 2.32. The van der Waals surface area contributed by atoms with Crippen molar-refractivity contribution in [1.82, 2.24) is 0 Å². The Hall–Kier alpha value is -1.56. The van der Waals surface area contributed by atoms with Crippen LogP contribution in [0.2, 0.25) is 0 Å². The van der Waals surface area contributed by atoms with Crippen LogP contribution in [0.15, 0.2) is 23.1 Å². The van der Waals surface area contributed by atoms with Gasteiger partial charge < -0.3 is 9.47 Å². The first-order valence-corrected chi connectivity index (χ1v) is 6.60. The SMILES string of the molecule is COC(=O)c1ccc2c(c1)S(=O)(=O)C(C)CO2. The van der Waals surface area contributed by atoms with Crippen LogP contribution in [-0.2, 0) is 14.6 Å². The summed E-state index contributed by atoms with van der Waals surface area (Å²) in [4.78, 5) is 11.4. The van der Waals surface area contributed by atoms with E-state index in [1.807, 2.05) is 0 Å². The second-order valence-electron chi connectivity index (χ2n) is 3.82. The van der Waals surface area contributed by atoms with Gasteiger partial charge >= 0.3 is 5.97 Å². The minimum absolute atomic E-state index is 0.0548. The summed E-state index contributed by atoms with van der Waals surface area (Å²) in [5, 5.41) is -0.608. The summed E-state index contributed by atoms with van der Waals surface area (Å²) >= 11 is 0. The molecule has 5 nitrogen and oxygen atoms in total. The second kappa shape index (κ2) is 4.03. The number of ether oxygens (including phenoxy) is 2. The Balaban J connectivity index is 2.58. The fourth-order valence-corrected chi connectivity index (χ4v) is 2.99. The van der Waals surface area contributed by atoms with Crippen molar-refractivity contribution in [3.8, 4) is 5.75 Å². The van der Waals surface area contributed by atoms with Crippen LogP contribution < -0.4 is 4.74 Å². The van der Waals surface area contributed by atoms with Crippen LogP contribution >= 0.6 is 0 Å². The molecule has 0 aromatic heterocycles. The topological polar surface area (TPSA) is 69.7 Å². The third-order valence-corrected chi connectivity index (χ3v) is 4.80. The van der Waals surface area contributed by atoms with Gasteiger partial charge in [-0.25, -0.2) is 13.2 Å². The summed E-state index contributed by atoms with van der Waals surface area (Å²) in [5.41, 5.74) is 0.201. The number of hydrogen-bond acceptors (Lipinski definition) is 5. The molecule has 1 atom stereocenters. The molecule has 0 bridgehead atoms. The number of rotatable bonds is 1. The first-order chi connectivity index (χ1) is 7.96. The molecule has 0 aliphatic carbocycles. The fourth-order valence-electron chi connectivity index (χ4n) is 1.61. The van der Waals surface area contributed by atoms with Gasteiger partial charge in [0.1, 0.15) is 17.3 Å². The van der Waals surface area contributed by atoms with Gasteiger partial charge in [-0.05, 0) is 25.1 Å². The normalized spacial score (nSPS) is 21.2. The first kappa shape index (κ1) is 11.9. The number of fused-ring (bicyclic) bond motifs is 1. The molecule has 0 fully saturated rings. The Bertz CT molecular complexity index is 561. The summed E-state index contributed by atoms with van der Waals surface area (Å²) in [6, 6.07) is 4.26. The van der Waals surface area contributed by atoms with Crippen LogP contribution in [0, 0.1) is 0 Å². The molecule has 17 heavy (non-hydrogen) atoms. The van der Waals surface area contributed by atoms with E-state index < -0.39 is 21.1 Å². The van der Waals surface area contributed by atoms with Crippen molar-refractivity contribution in [3.05, 3.63) is 23.8 Å². The zero-order valence-electron chi connectivity index (χ0n) is 9.47. The molecule has 6 heteroatoms. The van der Waals surface area contributed by atoms with Crippen LogP contribution in [0.1, 0.15) is 17.3 Å². The number of hydrogen-bond donors (Lipinski definition) is 0. The number of carbonyl (C=O) groups excluding carboxylic acids is 1. The van der Waals surface area contributed by atoms with E-state index in [0.717, 1.165) is 0 Å². The van der Waals surface area contributed by atoms with Crippen molar-refractivity contribution in [2.45, 2.75) is 17.1 Å². The maximum Gasteiger partial charge on any atom is 0.337 e. The quantitative estimate of drug-likeness (QED) is 0.702. The predicted octanol–water partition coefficient (Wildman–Crippen LogP) is 1.03. The van der Waals surface area contributed by atoms with E-state index in [2.05, 4.69) is 4.74 Å². The number of sulfone groups is 1. The molecular weight excluding hydrogens is 244 g/mol. The molecule has 0 N–H and O–H groups in total. The monoisotopic (exact) mass is 256 g/mol. The molecule has 1 unspecified atom stereocenters. The van der Waals surface area contributed by atoms with E-state index in [0.29, 0.717) is 0 Å². The van der Waals surface area contributed by atoms with E-state index in [9.17, 15) is 13.2 Å². The van der Waals surface area contributed by atoms with Crippen molar-refractivity contribution in [3.63, 3.8) is 0 Å². The summed E-state index contributed by atoms with van der Waals surface area (Å²) in [6.45, 7) is 1.70. The molecule has 0 amide bonds. The Kier molecular flexibility index (Phi) is 2.82. The van der Waals surface area contributed by atoms with Gasteiger partial charge in [-0.2, -0.15) is 0 Å². The molecule has 0 saturated heterocycles. The Morgan fingerprint density at radius 3 is 2.82 bits per heavy atom. The van der Waals surface area contributed by atoms with Crippen LogP contribution in [0.4, 0.5) is 0 Å². The van der Waals surface area contributed by atoms with Gasteiger partial charge in [-0.3, -0.25) is 0 Å². The molecular formula is C11H12O5S. The molecule has 2 rings (SSSR count). The van der Waals surface area contributed by atoms with Crippen LogP contribution in [0.25, 0.3) is 0 Å². The van der Waals surface area contributed by atoms with E-state index in [1.54, 1.807) is 6.92 Å². The summed E-state index contributed by atoms with van der Waals surface area (Å²) in [7, 11) is -2.17. The number of benzene rings is 1. The average Bonchev–Trinajstić information content (AvgIpc) is 2.33. The van der Waals surface area contributed by atoms with Crippen molar-refractivity contribution >= 4 is 15.8 Å². The highest BCUT2D eigenvalue weighted by Gasteiger charge is 2.32. The third kappa shape index (κ3) is 1.88. The molecule has 1 aromatic rings. The lowest BCUT2D eigenvalue weighted by molar-refractivity contribution is 0.0600. The van der Waals surface area contributed by atoms with Gasteiger partial charge in [0.05, 0.1) is 17.9 Å². The summed E-state index contributed by atoms with van der Waals surface area (Å²) in [6.07, 6.45) is 0. The van der Waals surface area contributed by atoms with Gasteiger partial charge in [0, 0.05) is 0 Å².